The van der Waals surface area contributed by atoms with Crippen molar-refractivity contribution in [3.8, 4) is 22.3 Å². The number of hydrogen-bond donors (Lipinski definition) is 2. The predicted molar refractivity (Wildman–Crippen MR) is 89.5 cm³/mol. The van der Waals surface area contributed by atoms with Gasteiger partial charge in [-0.15, -0.1) is 0 Å². The van der Waals surface area contributed by atoms with Crippen LogP contribution in [0.2, 0.25) is 0 Å². The third-order valence-electron chi connectivity index (χ3n) is 4.09. The number of anilines is 2. The van der Waals surface area contributed by atoms with Crippen molar-refractivity contribution in [2.45, 2.75) is 6.42 Å². The highest BCUT2D eigenvalue weighted by molar-refractivity contribution is 5.76. The fourth-order valence-corrected chi connectivity index (χ4v) is 2.89. The van der Waals surface area contributed by atoms with Crippen LogP contribution in [0.1, 0.15) is 5.56 Å². The third-order valence-corrected chi connectivity index (χ3v) is 4.09. The van der Waals surface area contributed by atoms with Gasteiger partial charge in [-0.05, 0) is 40.8 Å². The van der Waals surface area contributed by atoms with Crippen LogP contribution in [-0.4, -0.2) is 16.5 Å². The first-order valence-corrected chi connectivity index (χ1v) is 7.34. The smallest absolute Gasteiger partial charge is 0.134 e. The van der Waals surface area contributed by atoms with Gasteiger partial charge in [-0.3, -0.25) is 0 Å². The molecule has 0 saturated heterocycles. The SMILES string of the molecule is Nc1ncncc1-c1ccc(-c2ccc3c(c2)CCN3)cc1. The maximum Gasteiger partial charge on any atom is 0.134 e. The van der Waals surface area contributed by atoms with Crippen LogP contribution in [0.15, 0.2) is 55.0 Å². The molecular weight excluding hydrogens is 272 g/mol. The molecule has 1 aliphatic heterocycles. The molecule has 0 amide bonds. The molecule has 4 nitrogen and oxygen atoms in total. The van der Waals surface area contributed by atoms with E-state index in [1.54, 1.807) is 6.20 Å². The Morgan fingerprint density at radius 3 is 2.55 bits per heavy atom. The van der Waals surface area contributed by atoms with Crippen molar-refractivity contribution >= 4 is 11.5 Å². The fourth-order valence-electron chi connectivity index (χ4n) is 2.89. The van der Waals surface area contributed by atoms with Gasteiger partial charge < -0.3 is 11.1 Å². The summed E-state index contributed by atoms with van der Waals surface area (Å²) in [6.45, 7) is 1.03. The van der Waals surface area contributed by atoms with E-state index in [1.807, 2.05) is 0 Å². The van der Waals surface area contributed by atoms with Gasteiger partial charge in [0.25, 0.3) is 0 Å². The van der Waals surface area contributed by atoms with Gasteiger partial charge in [-0.2, -0.15) is 0 Å². The van der Waals surface area contributed by atoms with Gasteiger partial charge in [0.15, 0.2) is 0 Å². The molecule has 4 rings (SSSR count). The predicted octanol–water partition coefficient (Wildman–Crippen LogP) is 3.36. The van der Waals surface area contributed by atoms with E-state index in [9.17, 15) is 0 Å². The first-order chi connectivity index (χ1) is 10.8. The second-order valence-corrected chi connectivity index (χ2v) is 5.45. The van der Waals surface area contributed by atoms with Gasteiger partial charge in [0.1, 0.15) is 12.1 Å². The summed E-state index contributed by atoms with van der Waals surface area (Å²) in [4.78, 5) is 8.08. The topological polar surface area (TPSA) is 63.8 Å². The zero-order chi connectivity index (χ0) is 14.9. The second-order valence-electron chi connectivity index (χ2n) is 5.45. The van der Waals surface area contributed by atoms with Crippen molar-refractivity contribution in [2.24, 2.45) is 0 Å². The van der Waals surface area contributed by atoms with Crippen molar-refractivity contribution in [1.29, 1.82) is 0 Å². The van der Waals surface area contributed by atoms with E-state index in [0.29, 0.717) is 5.82 Å². The van der Waals surface area contributed by atoms with Crippen LogP contribution >= 0.6 is 0 Å². The molecule has 0 bridgehead atoms. The molecule has 0 aliphatic carbocycles. The number of aromatic nitrogens is 2. The minimum atomic E-state index is 0.506. The number of benzene rings is 2. The Balaban J connectivity index is 1.69. The van der Waals surface area contributed by atoms with Gasteiger partial charge in [0.05, 0.1) is 0 Å². The molecule has 0 unspecified atom stereocenters. The van der Waals surface area contributed by atoms with Gasteiger partial charge >= 0.3 is 0 Å². The summed E-state index contributed by atoms with van der Waals surface area (Å²) in [5.41, 5.74) is 12.9. The van der Waals surface area contributed by atoms with Crippen molar-refractivity contribution in [3.05, 3.63) is 60.6 Å². The molecule has 4 heteroatoms. The van der Waals surface area contributed by atoms with Crippen LogP contribution in [0.25, 0.3) is 22.3 Å². The standard InChI is InChI=1S/C18H16N4/c19-18-16(10-20-11-22-18)13-3-1-12(2-4-13)14-5-6-17-15(9-14)7-8-21-17/h1-6,9-11,21H,7-8H2,(H2,19,20,22). The lowest BCUT2D eigenvalue weighted by Gasteiger charge is -2.08. The van der Waals surface area contributed by atoms with Gasteiger partial charge in [0.2, 0.25) is 0 Å². The Labute approximate surface area is 129 Å². The summed E-state index contributed by atoms with van der Waals surface area (Å²) in [6.07, 6.45) is 4.31. The van der Waals surface area contributed by atoms with Crippen molar-refractivity contribution in [3.63, 3.8) is 0 Å². The number of fused-ring (bicyclic) bond motifs is 1. The summed E-state index contributed by atoms with van der Waals surface area (Å²) in [7, 11) is 0. The highest BCUT2D eigenvalue weighted by atomic mass is 14.9. The molecule has 1 aromatic heterocycles. The Morgan fingerprint density at radius 2 is 1.73 bits per heavy atom. The van der Waals surface area contributed by atoms with E-state index >= 15 is 0 Å². The van der Waals surface area contributed by atoms with Crippen LogP contribution in [-0.2, 0) is 6.42 Å². The Hall–Kier alpha value is -2.88. The Morgan fingerprint density at radius 1 is 0.955 bits per heavy atom. The van der Waals surface area contributed by atoms with Crippen LogP contribution < -0.4 is 11.1 Å². The normalized spacial score (nSPS) is 12.7. The van der Waals surface area contributed by atoms with Crippen molar-refractivity contribution in [1.82, 2.24) is 9.97 Å². The molecule has 0 fully saturated rings. The summed E-state index contributed by atoms with van der Waals surface area (Å²) in [5.74, 6) is 0.506. The lowest BCUT2D eigenvalue weighted by molar-refractivity contribution is 1.11. The Bertz CT molecular complexity index is 825. The van der Waals surface area contributed by atoms with Crippen LogP contribution in [0.4, 0.5) is 11.5 Å². The minimum absolute atomic E-state index is 0.506. The van der Waals surface area contributed by atoms with E-state index in [4.69, 9.17) is 5.73 Å². The molecule has 22 heavy (non-hydrogen) atoms. The first-order valence-electron chi connectivity index (χ1n) is 7.34. The van der Waals surface area contributed by atoms with Crippen LogP contribution in [0.3, 0.4) is 0 Å². The van der Waals surface area contributed by atoms with E-state index in [1.165, 1.54) is 28.7 Å². The lowest BCUT2D eigenvalue weighted by atomic mass is 9.99. The summed E-state index contributed by atoms with van der Waals surface area (Å²) >= 11 is 0. The summed E-state index contributed by atoms with van der Waals surface area (Å²) in [6, 6.07) is 15.0. The van der Waals surface area contributed by atoms with Gasteiger partial charge in [-0.1, -0.05) is 30.3 Å². The largest absolute Gasteiger partial charge is 0.384 e. The van der Waals surface area contributed by atoms with E-state index < -0.39 is 0 Å². The lowest BCUT2D eigenvalue weighted by Crippen LogP contribution is -1.94. The van der Waals surface area contributed by atoms with E-state index in [-0.39, 0.29) is 0 Å². The number of nitrogens with one attached hydrogen (secondary N) is 1. The van der Waals surface area contributed by atoms with E-state index in [2.05, 4.69) is 57.7 Å². The molecule has 0 atom stereocenters. The fraction of sp³-hybridized carbons (Fsp3) is 0.111. The molecular formula is C18H16N4. The van der Waals surface area contributed by atoms with Crippen molar-refractivity contribution < 1.29 is 0 Å². The number of nitrogens with two attached hydrogens (primary N) is 1. The quantitative estimate of drug-likeness (QED) is 0.759. The summed E-state index contributed by atoms with van der Waals surface area (Å²) in [5, 5.41) is 3.39. The average molecular weight is 288 g/mol. The molecule has 2 aromatic carbocycles. The maximum absolute atomic E-state index is 5.91. The second kappa shape index (κ2) is 5.15. The van der Waals surface area contributed by atoms with Crippen LogP contribution in [0.5, 0.6) is 0 Å². The molecule has 3 N–H and O–H groups in total. The molecule has 2 heterocycles. The maximum atomic E-state index is 5.91. The number of nitrogens with zero attached hydrogens (tertiary/aromatic N) is 2. The monoisotopic (exact) mass is 288 g/mol. The molecule has 108 valence electrons. The molecule has 0 saturated carbocycles. The van der Waals surface area contributed by atoms with Crippen molar-refractivity contribution in [2.75, 3.05) is 17.6 Å². The minimum Gasteiger partial charge on any atom is -0.384 e. The zero-order valence-electron chi connectivity index (χ0n) is 12.1. The molecule has 3 aromatic rings. The van der Waals surface area contributed by atoms with E-state index in [0.717, 1.165) is 24.1 Å². The highest BCUT2D eigenvalue weighted by Crippen LogP contribution is 2.30. The molecule has 1 aliphatic rings. The number of nitrogen functional groups attached to an aromatic ring is 1. The summed E-state index contributed by atoms with van der Waals surface area (Å²) < 4.78 is 0. The number of hydrogen-bond acceptors (Lipinski definition) is 4. The average Bonchev–Trinajstić information content (AvgIpc) is 3.03. The molecule has 0 radical (unpaired) electrons. The van der Waals surface area contributed by atoms with Gasteiger partial charge in [-0.25, -0.2) is 9.97 Å². The first kappa shape index (κ1) is 12.8. The highest BCUT2D eigenvalue weighted by Gasteiger charge is 2.11. The van der Waals surface area contributed by atoms with Gasteiger partial charge in [0, 0.05) is 24.0 Å². The molecule has 0 spiro atoms. The number of rotatable bonds is 2. The zero-order valence-corrected chi connectivity index (χ0v) is 12.1. The third kappa shape index (κ3) is 2.19. The Kier molecular flexibility index (Phi) is 3.00. The van der Waals surface area contributed by atoms with Crippen LogP contribution in [0, 0.1) is 0 Å².